The van der Waals surface area contributed by atoms with E-state index in [9.17, 15) is 4.79 Å². The molecule has 1 aromatic carbocycles. The van der Waals surface area contributed by atoms with Crippen LogP contribution in [0.15, 0.2) is 64.3 Å². The van der Waals surface area contributed by atoms with E-state index in [2.05, 4.69) is 22.4 Å². The third-order valence-electron chi connectivity index (χ3n) is 5.74. The molecule has 0 saturated carbocycles. The number of nitrogens with one attached hydrogen (secondary N) is 1. The molecule has 0 bridgehead atoms. The van der Waals surface area contributed by atoms with Crippen LogP contribution in [-0.4, -0.2) is 56.2 Å². The van der Waals surface area contributed by atoms with Crippen LogP contribution < -0.4 is 5.32 Å². The van der Waals surface area contributed by atoms with Crippen molar-refractivity contribution >= 4 is 17.6 Å². The number of hydrogen-bond acceptors (Lipinski definition) is 5. The molecule has 1 heterocycles. The molecule has 0 aromatic heterocycles. The van der Waals surface area contributed by atoms with Crippen molar-refractivity contribution in [2.45, 2.75) is 38.2 Å². The summed E-state index contributed by atoms with van der Waals surface area (Å²) < 4.78 is 11.8. The van der Waals surface area contributed by atoms with Crippen LogP contribution in [0.5, 0.6) is 0 Å². The van der Waals surface area contributed by atoms with Gasteiger partial charge in [0, 0.05) is 32.5 Å². The van der Waals surface area contributed by atoms with E-state index in [-0.39, 0.29) is 24.5 Å². The van der Waals surface area contributed by atoms with Gasteiger partial charge in [-0.25, -0.2) is 4.99 Å². The molecular formula is C25H33N3O4. The molecule has 2 N–H and O–H groups in total. The Labute approximate surface area is 189 Å². The summed E-state index contributed by atoms with van der Waals surface area (Å²) in [6.45, 7) is 0.476. The molecule has 1 amide bonds. The van der Waals surface area contributed by atoms with Crippen LogP contribution in [0.4, 0.5) is 0 Å². The topological polar surface area (TPSA) is 92.5 Å². The Morgan fingerprint density at radius 3 is 2.81 bits per heavy atom. The standard InChI is InChI=1S/C25H33N3O4/c1-26-23-22(24(30)27-14-7-15-29)13-12-19(16-18-8-4-3-5-9-18)25(28-23)32-21-11-6-10-20(17-21)31-2/h3-6,8-11,19,21-22,29H,7,12-17H2,1-2H3,(H,27,30). The maximum absolute atomic E-state index is 12.8. The molecule has 172 valence electrons. The molecule has 0 spiro atoms. The van der Waals surface area contributed by atoms with Crippen molar-refractivity contribution in [3.05, 3.63) is 59.9 Å². The molecule has 2 aliphatic rings. The zero-order valence-corrected chi connectivity index (χ0v) is 18.9. The molecule has 0 saturated heterocycles. The quantitative estimate of drug-likeness (QED) is 0.609. The third kappa shape index (κ3) is 6.53. The zero-order chi connectivity index (χ0) is 22.8. The van der Waals surface area contributed by atoms with Crippen molar-refractivity contribution in [3.63, 3.8) is 0 Å². The molecule has 7 heteroatoms. The molecule has 32 heavy (non-hydrogen) atoms. The van der Waals surface area contributed by atoms with Crippen LogP contribution in [-0.2, 0) is 20.7 Å². The highest BCUT2D eigenvalue weighted by Crippen LogP contribution is 2.27. The van der Waals surface area contributed by atoms with Crippen molar-refractivity contribution in [2.24, 2.45) is 21.8 Å². The van der Waals surface area contributed by atoms with Gasteiger partial charge in [0.25, 0.3) is 0 Å². The first-order valence-corrected chi connectivity index (χ1v) is 11.2. The van der Waals surface area contributed by atoms with E-state index in [1.54, 1.807) is 14.2 Å². The second kappa shape index (κ2) is 12.2. The Hall–Kier alpha value is -2.93. The van der Waals surface area contributed by atoms with Gasteiger partial charge in [0.2, 0.25) is 5.91 Å². The molecule has 0 radical (unpaired) electrons. The van der Waals surface area contributed by atoms with Crippen LogP contribution >= 0.6 is 0 Å². The monoisotopic (exact) mass is 439 g/mol. The van der Waals surface area contributed by atoms with E-state index in [0.29, 0.717) is 37.5 Å². The number of amidine groups is 1. The van der Waals surface area contributed by atoms with Gasteiger partial charge in [-0.05, 0) is 43.4 Å². The summed E-state index contributed by atoms with van der Waals surface area (Å²) in [6, 6.07) is 10.3. The number of benzene rings is 1. The number of aliphatic imine (C=N–C) groups is 2. The number of aliphatic hydroxyl groups is 1. The second-order valence-corrected chi connectivity index (χ2v) is 8.00. The van der Waals surface area contributed by atoms with Gasteiger partial charge in [-0.2, -0.15) is 0 Å². The Morgan fingerprint density at radius 2 is 2.09 bits per heavy atom. The summed E-state index contributed by atoms with van der Waals surface area (Å²) in [5, 5.41) is 11.9. The predicted molar refractivity (Wildman–Crippen MR) is 126 cm³/mol. The fourth-order valence-electron chi connectivity index (χ4n) is 3.99. The number of allylic oxidation sites excluding steroid dienone is 2. The summed E-state index contributed by atoms with van der Waals surface area (Å²) in [4.78, 5) is 21.9. The predicted octanol–water partition coefficient (Wildman–Crippen LogP) is 3.06. The summed E-state index contributed by atoms with van der Waals surface area (Å²) >= 11 is 0. The lowest BCUT2D eigenvalue weighted by Gasteiger charge is -2.24. The molecule has 0 fully saturated rings. The lowest BCUT2D eigenvalue weighted by atomic mass is 9.91. The Morgan fingerprint density at radius 1 is 1.28 bits per heavy atom. The van der Waals surface area contributed by atoms with Gasteiger partial charge in [0.1, 0.15) is 11.9 Å². The summed E-state index contributed by atoms with van der Waals surface area (Å²) in [6.07, 6.45) is 9.01. The van der Waals surface area contributed by atoms with Crippen molar-refractivity contribution < 1.29 is 19.4 Å². The van der Waals surface area contributed by atoms with E-state index in [1.165, 1.54) is 5.56 Å². The lowest BCUT2D eigenvalue weighted by molar-refractivity contribution is -0.123. The number of nitrogens with zero attached hydrogens (tertiary/aromatic N) is 2. The van der Waals surface area contributed by atoms with Crippen molar-refractivity contribution in [1.29, 1.82) is 0 Å². The minimum absolute atomic E-state index is 0.0368. The van der Waals surface area contributed by atoms with Crippen LogP contribution in [0.25, 0.3) is 0 Å². The average molecular weight is 440 g/mol. The molecule has 1 aliphatic carbocycles. The highest BCUT2D eigenvalue weighted by molar-refractivity contribution is 6.08. The number of hydrogen-bond donors (Lipinski definition) is 2. The van der Waals surface area contributed by atoms with Gasteiger partial charge in [0.15, 0.2) is 5.90 Å². The fourth-order valence-corrected chi connectivity index (χ4v) is 3.99. The maximum Gasteiger partial charge on any atom is 0.230 e. The average Bonchev–Trinajstić information content (AvgIpc) is 2.99. The fraction of sp³-hybridized carbons (Fsp3) is 0.480. The number of aliphatic hydroxyl groups excluding tert-OH is 1. The van der Waals surface area contributed by atoms with E-state index in [1.807, 2.05) is 36.4 Å². The highest BCUT2D eigenvalue weighted by Gasteiger charge is 2.33. The number of carbonyl (C=O) groups is 1. The first kappa shape index (κ1) is 23.7. The number of methoxy groups -OCH3 is 1. The minimum atomic E-state index is -0.436. The third-order valence-corrected chi connectivity index (χ3v) is 5.74. The highest BCUT2D eigenvalue weighted by atomic mass is 16.5. The van der Waals surface area contributed by atoms with Crippen LogP contribution in [0.1, 0.15) is 31.2 Å². The maximum atomic E-state index is 12.8. The van der Waals surface area contributed by atoms with E-state index in [0.717, 1.165) is 18.6 Å². The van der Waals surface area contributed by atoms with Gasteiger partial charge >= 0.3 is 0 Å². The number of carbonyl (C=O) groups excluding carboxylic acids is 1. The van der Waals surface area contributed by atoms with Crippen LogP contribution in [0, 0.1) is 11.8 Å². The smallest absolute Gasteiger partial charge is 0.230 e. The number of ether oxygens (including phenoxy) is 2. The molecule has 1 aromatic rings. The van der Waals surface area contributed by atoms with Gasteiger partial charge in [0.05, 0.1) is 18.8 Å². The number of amides is 1. The second-order valence-electron chi connectivity index (χ2n) is 8.00. The molecule has 7 nitrogen and oxygen atoms in total. The van der Waals surface area contributed by atoms with Crippen molar-refractivity contribution in [1.82, 2.24) is 5.32 Å². The Balaban J connectivity index is 1.83. The van der Waals surface area contributed by atoms with Crippen LogP contribution in [0.3, 0.4) is 0 Å². The SMILES string of the molecule is CN=C1N=C(OC2C=CC=C(OC)C2)C(Cc2ccccc2)CCC1C(=O)NCCCO. The minimum Gasteiger partial charge on any atom is -0.501 e. The normalized spacial score (nSPS) is 24.3. The van der Waals surface area contributed by atoms with Crippen molar-refractivity contribution in [2.75, 3.05) is 27.3 Å². The molecule has 3 rings (SSSR count). The largest absolute Gasteiger partial charge is 0.501 e. The summed E-state index contributed by atoms with van der Waals surface area (Å²) in [7, 11) is 3.32. The first-order valence-electron chi connectivity index (χ1n) is 11.2. The van der Waals surface area contributed by atoms with E-state index in [4.69, 9.17) is 19.6 Å². The molecule has 1 aliphatic heterocycles. The molecular weight excluding hydrogens is 406 g/mol. The summed E-state index contributed by atoms with van der Waals surface area (Å²) in [5.74, 6) is 1.46. The van der Waals surface area contributed by atoms with Gasteiger partial charge in [-0.3, -0.25) is 9.79 Å². The molecule has 3 unspecified atom stereocenters. The van der Waals surface area contributed by atoms with E-state index >= 15 is 0 Å². The van der Waals surface area contributed by atoms with Crippen LogP contribution in [0.2, 0.25) is 0 Å². The first-order chi connectivity index (χ1) is 15.6. The lowest BCUT2D eigenvalue weighted by Crippen LogP contribution is -2.35. The Kier molecular flexibility index (Phi) is 9.04. The van der Waals surface area contributed by atoms with Crippen molar-refractivity contribution in [3.8, 4) is 0 Å². The van der Waals surface area contributed by atoms with E-state index < -0.39 is 5.92 Å². The zero-order valence-electron chi connectivity index (χ0n) is 18.9. The van der Waals surface area contributed by atoms with Gasteiger partial charge in [-0.15, -0.1) is 0 Å². The summed E-state index contributed by atoms with van der Waals surface area (Å²) in [5.41, 5.74) is 1.20. The number of rotatable bonds is 8. The van der Waals surface area contributed by atoms with Gasteiger partial charge in [-0.1, -0.05) is 36.4 Å². The molecule has 3 atom stereocenters. The Bertz CT molecular complexity index is 876. The van der Waals surface area contributed by atoms with Gasteiger partial charge < -0.3 is 19.9 Å².